The normalized spacial score (nSPS) is 17.1. The largest absolute Gasteiger partial charge is 0.486 e. The molecule has 1 unspecified atom stereocenters. The summed E-state index contributed by atoms with van der Waals surface area (Å²) >= 11 is 0. The highest BCUT2D eigenvalue weighted by atomic mass is 16.6. The van der Waals surface area contributed by atoms with E-state index in [2.05, 4.69) is 19.2 Å². The van der Waals surface area contributed by atoms with Gasteiger partial charge in [0.2, 0.25) is 5.91 Å². The first-order chi connectivity index (χ1) is 10.0. The van der Waals surface area contributed by atoms with E-state index >= 15 is 0 Å². The number of rotatable bonds is 6. The van der Waals surface area contributed by atoms with Gasteiger partial charge in [-0.3, -0.25) is 9.69 Å². The number of para-hydroxylation sites is 2. The first-order valence-electron chi connectivity index (χ1n) is 7.38. The third-order valence-electron chi connectivity index (χ3n) is 3.20. The van der Waals surface area contributed by atoms with Gasteiger partial charge in [-0.25, -0.2) is 0 Å². The van der Waals surface area contributed by atoms with Crippen LogP contribution in [0.1, 0.15) is 13.8 Å². The lowest BCUT2D eigenvalue weighted by atomic mass is 10.2. The van der Waals surface area contributed by atoms with Gasteiger partial charge in [-0.15, -0.1) is 0 Å². The van der Waals surface area contributed by atoms with Crippen LogP contribution in [0.5, 0.6) is 11.5 Å². The maximum atomic E-state index is 11.8. The second kappa shape index (κ2) is 7.31. The molecule has 0 spiro atoms. The number of benzene rings is 1. The second-order valence-corrected chi connectivity index (χ2v) is 5.89. The van der Waals surface area contributed by atoms with Crippen LogP contribution in [0.15, 0.2) is 24.3 Å². The minimum absolute atomic E-state index is 0.0447. The fourth-order valence-corrected chi connectivity index (χ4v) is 2.18. The lowest BCUT2D eigenvalue weighted by Crippen LogP contribution is -2.43. The van der Waals surface area contributed by atoms with Gasteiger partial charge in [-0.1, -0.05) is 26.0 Å². The van der Waals surface area contributed by atoms with Crippen molar-refractivity contribution in [3.05, 3.63) is 24.3 Å². The molecule has 1 heterocycles. The fraction of sp³-hybridized carbons (Fsp3) is 0.562. The van der Waals surface area contributed by atoms with E-state index in [1.54, 1.807) is 0 Å². The predicted octanol–water partition coefficient (Wildman–Crippen LogP) is 1.53. The van der Waals surface area contributed by atoms with Gasteiger partial charge in [0.25, 0.3) is 0 Å². The van der Waals surface area contributed by atoms with Gasteiger partial charge in [0.05, 0.1) is 6.54 Å². The summed E-state index contributed by atoms with van der Waals surface area (Å²) in [7, 11) is 1.92. The smallest absolute Gasteiger partial charge is 0.234 e. The van der Waals surface area contributed by atoms with E-state index in [1.165, 1.54) is 0 Å². The van der Waals surface area contributed by atoms with Crippen LogP contribution in [0.4, 0.5) is 0 Å². The van der Waals surface area contributed by atoms with E-state index in [9.17, 15) is 4.79 Å². The summed E-state index contributed by atoms with van der Waals surface area (Å²) < 4.78 is 11.6. The molecule has 1 aliphatic rings. The first kappa shape index (κ1) is 15.6. The molecule has 1 N–H and O–H groups in total. The summed E-state index contributed by atoms with van der Waals surface area (Å²) in [4.78, 5) is 13.7. The number of carbonyl (C=O) groups is 1. The predicted molar refractivity (Wildman–Crippen MR) is 81.7 cm³/mol. The van der Waals surface area contributed by atoms with Crippen molar-refractivity contribution in [2.24, 2.45) is 5.92 Å². The van der Waals surface area contributed by atoms with Gasteiger partial charge in [-0.05, 0) is 25.1 Å². The highest BCUT2D eigenvalue weighted by Gasteiger charge is 2.22. The molecule has 21 heavy (non-hydrogen) atoms. The van der Waals surface area contributed by atoms with E-state index in [4.69, 9.17) is 9.47 Å². The number of amides is 1. The van der Waals surface area contributed by atoms with Gasteiger partial charge < -0.3 is 14.8 Å². The second-order valence-electron chi connectivity index (χ2n) is 5.89. The number of likely N-dealkylation sites (N-methyl/N-ethyl adjacent to an activating group) is 1. The number of fused-ring (bicyclic) bond motifs is 1. The van der Waals surface area contributed by atoms with Gasteiger partial charge >= 0.3 is 0 Å². The Morgan fingerprint density at radius 1 is 1.38 bits per heavy atom. The molecule has 0 radical (unpaired) electrons. The van der Waals surface area contributed by atoms with Crippen molar-refractivity contribution in [1.29, 1.82) is 0 Å². The molecule has 1 aromatic rings. The number of nitrogens with one attached hydrogen (secondary N) is 1. The van der Waals surface area contributed by atoms with E-state index in [1.807, 2.05) is 36.2 Å². The molecule has 0 fully saturated rings. The Balaban J connectivity index is 1.76. The minimum Gasteiger partial charge on any atom is -0.486 e. The quantitative estimate of drug-likeness (QED) is 0.864. The molecule has 116 valence electrons. The topological polar surface area (TPSA) is 50.8 Å². The molecule has 2 rings (SSSR count). The molecule has 5 heteroatoms. The van der Waals surface area contributed by atoms with Crippen molar-refractivity contribution >= 4 is 5.91 Å². The van der Waals surface area contributed by atoms with Gasteiger partial charge in [0, 0.05) is 13.1 Å². The zero-order chi connectivity index (χ0) is 15.2. The average Bonchev–Trinajstić information content (AvgIpc) is 2.45. The van der Waals surface area contributed by atoms with Gasteiger partial charge in [-0.2, -0.15) is 0 Å². The molecule has 0 saturated heterocycles. The van der Waals surface area contributed by atoms with Crippen LogP contribution in [0, 0.1) is 5.92 Å². The molecule has 1 amide bonds. The van der Waals surface area contributed by atoms with Gasteiger partial charge in [0.1, 0.15) is 12.7 Å². The van der Waals surface area contributed by atoms with E-state index in [-0.39, 0.29) is 12.0 Å². The molecule has 1 atom stereocenters. The lowest BCUT2D eigenvalue weighted by Gasteiger charge is -2.29. The summed E-state index contributed by atoms with van der Waals surface area (Å²) in [5, 5.41) is 2.91. The Hall–Kier alpha value is -1.75. The summed E-state index contributed by atoms with van der Waals surface area (Å²) in [6, 6.07) is 7.65. The van der Waals surface area contributed by atoms with Crippen LogP contribution < -0.4 is 14.8 Å². The van der Waals surface area contributed by atoms with Crippen LogP contribution in [-0.2, 0) is 4.79 Å². The summed E-state index contributed by atoms with van der Waals surface area (Å²) in [6.45, 7) is 6.40. The first-order valence-corrected chi connectivity index (χ1v) is 7.38. The molecule has 0 saturated carbocycles. The number of hydrogen-bond acceptors (Lipinski definition) is 4. The zero-order valence-corrected chi connectivity index (χ0v) is 13.0. The van der Waals surface area contributed by atoms with Crippen molar-refractivity contribution in [3.63, 3.8) is 0 Å². The monoisotopic (exact) mass is 292 g/mol. The highest BCUT2D eigenvalue weighted by molar-refractivity contribution is 5.77. The number of carbonyl (C=O) groups excluding carboxylic acids is 1. The standard InChI is InChI=1S/C16H24N2O3/c1-12(2)8-17-16(19)10-18(3)9-13-11-20-14-6-4-5-7-15(14)21-13/h4-7,12-13H,8-11H2,1-3H3,(H,17,19). The Bertz CT molecular complexity index is 476. The van der Waals surface area contributed by atoms with E-state index in [0.29, 0.717) is 32.2 Å². The van der Waals surface area contributed by atoms with Crippen LogP contribution >= 0.6 is 0 Å². The lowest BCUT2D eigenvalue weighted by molar-refractivity contribution is -0.122. The molecule has 1 aromatic carbocycles. The Morgan fingerprint density at radius 2 is 2.10 bits per heavy atom. The van der Waals surface area contributed by atoms with Crippen LogP contribution in [0.25, 0.3) is 0 Å². The maximum Gasteiger partial charge on any atom is 0.234 e. The average molecular weight is 292 g/mol. The van der Waals surface area contributed by atoms with Crippen LogP contribution in [0.2, 0.25) is 0 Å². The van der Waals surface area contributed by atoms with E-state index < -0.39 is 0 Å². The number of nitrogens with zero attached hydrogens (tertiary/aromatic N) is 1. The van der Waals surface area contributed by atoms with Crippen molar-refractivity contribution < 1.29 is 14.3 Å². The van der Waals surface area contributed by atoms with Crippen molar-refractivity contribution in [1.82, 2.24) is 10.2 Å². The highest BCUT2D eigenvalue weighted by Crippen LogP contribution is 2.30. The van der Waals surface area contributed by atoms with Crippen molar-refractivity contribution in [3.8, 4) is 11.5 Å². The Labute approximate surface area is 126 Å². The molecular weight excluding hydrogens is 268 g/mol. The minimum atomic E-state index is -0.0530. The van der Waals surface area contributed by atoms with Gasteiger partial charge in [0.15, 0.2) is 11.5 Å². The third kappa shape index (κ3) is 4.93. The van der Waals surface area contributed by atoms with Crippen molar-refractivity contribution in [2.75, 3.05) is 33.3 Å². The summed E-state index contributed by atoms with van der Waals surface area (Å²) in [6.07, 6.45) is -0.0530. The Kier molecular flexibility index (Phi) is 5.44. The Morgan fingerprint density at radius 3 is 2.81 bits per heavy atom. The van der Waals surface area contributed by atoms with Crippen LogP contribution in [0.3, 0.4) is 0 Å². The molecule has 0 bridgehead atoms. The van der Waals surface area contributed by atoms with Crippen LogP contribution in [-0.4, -0.2) is 50.2 Å². The summed E-state index contributed by atoms with van der Waals surface area (Å²) in [5.41, 5.74) is 0. The molecule has 5 nitrogen and oxygen atoms in total. The zero-order valence-electron chi connectivity index (χ0n) is 13.0. The molecular formula is C16H24N2O3. The number of ether oxygens (including phenoxy) is 2. The molecule has 0 aliphatic carbocycles. The molecule has 0 aromatic heterocycles. The number of hydrogen-bond donors (Lipinski definition) is 1. The molecule has 1 aliphatic heterocycles. The van der Waals surface area contributed by atoms with E-state index in [0.717, 1.165) is 11.5 Å². The SMILES string of the molecule is CC(C)CNC(=O)CN(C)CC1COc2ccccc2O1. The fourth-order valence-electron chi connectivity index (χ4n) is 2.18. The van der Waals surface area contributed by atoms with Crippen molar-refractivity contribution in [2.45, 2.75) is 20.0 Å². The maximum absolute atomic E-state index is 11.8. The summed E-state index contributed by atoms with van der Waals surface area (Å²) in [5.74, 6) is 2.06. The third-order valence-corrected chi connectivity index (χ3v) is 3.20.